The van der Waals surface area contributed by atoms with E-state index in [4.69, 9.17) is 5.73 Å². The third-order valence-corrected chi connectivity index (χ3v) is 8.03. The van der Waals surface area contributed by atoms with Crippen molar-refractivity contribution in [3.8, 4) is 10.4 Å². The van der Waals surface area contributed by atoms with Gasteiger partial charge in [0.05, 0.1) is 16.9 Å². The van der Waals surface area contributed by atoms with Gasteiger partial charge in [0.25, 0.3) is 5.91 Å². The van der Waals surface area contributed by atoms with Crippen molar-refractivity contribution in [1.82, 2.24) is 14.9 Å². The largest absolute Gasteiger partial charge is 0.397 e. The van der Waals surface area contributed by atoms with Crippen LogP contribution in [0.1, 0.15) is 55.3 Å². The van der Waals surface area contributed by atoms with Crippen LogP contribution < -0.4 is 16.4 Å². The highest BCUT2D eigenvalue weighted by Gasteiger charge is 2.29. The van der Waals surface area contributed by atoms with Gasteiger partial charge in [0.1, 0.15) is 0 Å². The minimum absolute atomic E-state index is 0.208. The number of carbonyl (C=O) groups is 2. The lowest BCUT2D eigenvalue weighted by atomic mass is 9.87. The van der Waals surface area contributed by atoms with Crippen molar-refractivity contribution < 1.29 is 9.59 Å². The summed E-state index contributed by atoms with van der Waals surface area (Å²) in [5.74, 6) is 0.731. The van der Waals surface area contributed by atoms with Gasteiger partial charge in [0.15, 0.2) is 0 Å². The molecule has 2 amide bonds. The molecule has 0 atom stereocenters. The van der Waals surface area contributed by atoms with Crippen LogP contribution >= 0.6 is 11.3 Å². The van der Waals surface area contributed by atoms with Crippen molar-refractivity contribution in [2.75, 3.05) is 29.5 Å². The van der Waals surface area contributed by atoms with Crippen molar-refractivity contribution in [3.05, 3.63) is 53.7 Å². The maximum atomic E-state index is 12.8. The predicted molar refractivity (Wildman–Crippen MR) is 144 cm³/mol. The van der Waals surface area contributed by atoms with Gasteiger partial charge >= 0.3 is 0 Å². The van der Waals surface area contributed by atoms with E-state index in [-0.39, 0.29) is 17.9 Å². The maximum Gasteiger partial charge on any atom is 0.258 e. The zero-order valence-corrected chi connectivity index (χ0v) is 21.1. The monoisotopic (exact) mass is 504 g/mol. The van der Waals surface area contributed by atoms with Gasteiger partial charge in [-0.25, -0.2) is 9.97 Å². The second-order valence-corrected chi connectivity index (χ2v) is 10.6. The maximum absolute atomic E-state index is 12.8. The summed E-state index contributed by atoms with van der Waals surface area (Å²) in [5, 5.41) is 8.24. The summed E-state index contributed by atoms with van der Waals surface area (Å²) in [6.45, 7) is 1.53. The number of hydrogen-bond acceptors (Lipinski definition) is 7. The summed E-state index contributed by atoms with van der Waals surface area (Å²) >= 11 is 1.63. The number of benzene rings is 1. The molecule has 36 heavy (non-hydrogen) atoms. The Kier molecular flexibility index (Phi) is 7.46. The predicted octanol–water partition coefficient (Wildman–Crippen LogP) is 5.02. The fourth-order valence-electron chi connectivity index (χ4n) is 5.01. The topological polar surface area (TPSA) is 113 Å². The van der Waals surface area contributed by atoms with Crippen molar-refractivity contribution in [1.29, 1.82) is 0 Å². The molecule has 0 unspecified atom stereocenters. The van der Waals surface area contributed by atoms with Crippen LogP contribution in [-0.2, 0) is 4.79 Å². The van der Waals surface area contributed by atoms with Crippen LogP contribution in [0.5, 0.6) is 0 Å². The summed E-state index contributed by atoms with van der Waals surface area (Å²) in [6.07, 6.45) is 10.5. The van der Waals surface area contributed by atoms with E-state index in [9.17, 15) is 9.59 Å². The third-order valence-electron chi connectivity index (χ3n) is 7.12. The van der Waals surface area contributed by atoms with E-state index in [1.54, 1.807) is 17.4 Å². The molecule has 9 heteroatoms. The quantitative estimate of drug-likeness (QED) is 0.406. The van der Waals surface area contributed by atoms with Gasteiger partial charge in [-0.15, -0.1) is 11.3 Å². The van der Waals surface area contributed by atoms with Crippen molar-refractivity contribution in [3.63, 3.8) is 0 Å². The molecule has 0 radical (unpaired) electrons. The molecular weight excluding hydrogens is 472 g/mol. The highest BCUT2D eigenvalue weighted by molar-refractivity contribution is 7.13. The Bertz CT molecular complexity index is 1180. The highest BCUT2D eigenvalue weighted by Crippen LogP contribution is 2.30. The molecule has 1 aliphatic heterocycles. The Hall–Kier alpha value is -3.46. The molecule has 8 nitrogen and oxygen atoms in total. The lowest BCUT2D eigenvalue weighted by molar-refractivity contribution is -0.137. The molecule has 2 aromatic heterocycles. The Morgan fingerprint density at radius 1 is 1.00 bits per heavy atom. The van der Waals surface area contributed by atoms with E-state index >= 15 is 0 Å². The standard InChI is InChI=1S/C27H32N6O2S/c28-22-9-8-19(24-7-4-14-36-24)15-23(22)32-25(34)20-16-29-27(30-17-20)31-21-10-12-33(13-11-21)26(35)18-5-2-1-3-6-18/h4,7-9,14-18,21H,1-3,5-6,10-13,28H2,(H,32,34)(H,29,30,31). The summed E-state index contributed by atoms with van der Waals surface area (Å²) < 4.78 is 0. The minimum atomic E-state index is -0.314. The number of rotatable bonds is 6. The summed E-state index contributed by atoms with van der Waals surface area (Å²) in [5.41, 5.74) is 8.50. The molecule has 4 N–H and O–H groups in total. The lowest BCUT2D eigenvalue weighted by Gasteiger charge is -2.35. The average molecular weight is 505 g/mol. The zero-order chi connectivity index (χ0) is 24.9. The summed E-state index contributed by atoms with van der Waals surface area (Å²) in [7, 11) is 0. The number of nitrogen functional groups attached to an aromatic ring is 1. The fraction of sp³-hybridized carbons (Fsp3) is 0.407. The number of piperidine rings is 1. The van der Waals surface area contributed by atoms with Crippen molar-refractivity contribution >= 4 is 40.5 Å². The van der Waals surface area contributed by atoms with Gasteiger partial charge in [-0.2, -0.15) is 0 Å². The van der Waals surface area contributed by atoms with Gasteiger partial charge < -0.3 is 21.3 Å². The molecule has 2 aliphatic rings. The van der Waals surface area contributed by atoms with Crippen LogP contribution in [0.3, 0.4) is 0 Å². The number of aromatic nitrogens is 2. The van der Waals surface area contributed by atoms with E-state index < -0.39 is 0 Å². The molecule has 1 saturated carbocycles. The molecule has 1 aliphatic carbocycles. The average Bonchev–Trinajstić information content (AvgIpc) is 3.46. The number of amides is 2. The SMILES string of the molecule is Nc1ccc(-c2cccs2)cc1NC(=O)c1cnc(NC2CCN(C(=O)C3CCCCC3)CC2)nc1. The molecule has 2 fully saturated rings. The van der Waals surface area contributed by atoms with E-state index in [0.29, 0.717) is 28.8 Å². The molecule has 1 saturated heterocycles. The molecule has 0 bridgehead atoms. The van der Waals surface area contributed by atoms with Crippen LogP contribution in [0.2, 0.25) is 0 Å². The number of anilines is 3. The molecule has 0 spiro atoms. The third kappa shape index (κ3) is 5.67. The number of thiophene rings is 1. The lowest BCUT2D eigenvalue weighted by Crippen LogP contribution is -2.45. The second-order valence-electron chi connectivity index (χ2n) is 9.61. The first-order valence-electron chi connectivity index (χ1n) is 12.7. The molecular formula is C27H32N6O2S. The van der Waals surface area contributed by atoms with E-state index in [0.717, 1.165) is 49.2 Å². The zero-order valence-electron chi connectivity index (χ0n) is 20.3. The normalized spacial score (nSPS) is 17.1. The van der Waals surface area contributed by atoms with Gasteiger partial charge in [0.2, 0.25) is 11.9 Å². The Labute approximate surface area is 215 Å². The fourth-order valence-corrected chi connectivity index (χ4v) is 5.73. The molecule has 3 heterocycles. The van der Waals surface area contributed by atoms with Crippen LogP contribution in [0.4, 0.5) is 17.3 Å². The van der Waals surface area contributed by atoms with Gasteiger partial charge in [-0.3, -0.25) is 9.59 Å². The van der Waals surface area contributed by atoms with Crippen LogP contribution in [0.15, 0.2) is 48.1 Å². The van der Waals surface area contributed by atoms with E-state index in [2.05, 4.69) is 20.6 Å². The van der Waals surface area contributed by atoms with Gasteiger partial charge in [-0.05, 0) is 54.8 Å². The second kappa shape index (κ2) is 11.1. The molecule has 188 valence electrons. The highest BCUT2D eigenvalue weighted by atomic mass is 32.1. The number of likely N-dealkylation sites (tertiary alicyclic amines) is 1. The number of nitrogens with one attached hydrogen (secondary N) is 2. The van der Waals surface area contributed by atoms with Crippen LogP contribution in [0.25, 0.3) is 10.4 Å². The molecule has 3 aromatic rings. The van der Waals surface area contributed by atoms with Crippen molar-refractivity contribution in [2.45, 2.75) is 51.0 Å². The Balaban J connectivity index is 1.14. The van der Waals surface area contributed by atoms with Crippen LogP contribution in [-0.4, -0.2) is 45.8 Å². The molecule has 5 rings (SSSR count). The van der Waals surface area contributed by atoms with E-state index in [1.165, 1.54) is 31.7 Å². The van der Waals surface area contributed by atoms with Gasteiger partial charge in [0, 0.05) is 42.3 Å². The minimum Gasteiger partial charge on any atom is -0.397 e. The van der Waals surface area contributed by atoms with Crippen LogP contribution in [0, 0.1) is 5.92 Å². The Morgan fingerprint density at radius 2 is 1.75 bits per heavy atom. The number of nitrogens with zero attached hydrogens (tertiary/aromatic N) is 3. The number of carbonyl (C=O) groups excluding carboxylic acids is 2. The first-order valence-corrected chi connectivity index (χ1v) is 13.6. The number of nitrogens with two attached hydrogens (primary N) is 1. The first kappa shape index (κ1) is 24.2. The summed E-state index contributed by atoms with van der Waals surface area (Å²) in [6, 6.07) is 9.84. The Morgan fingerprint density at radius 3 is 2.44 bits per heavy atom. The van der Waals surface area contributed by atoms with E-state index in [1.807, 2.05) is 34.5 Å². The number of hydrogen-bond donors (Lipinski definition) is 3. The van der Waals surface area contributed by atoms with Gasteiger partial charge in [-0.1, -0.05) is 31.4 Å². The smallest absolute Gasteiger partial charge is 0.258 e. The molecule has 1 aromatic carbocycles. The summed E-state index contributed by atoms with van der Waals surface area (Å²) in [4.78, 5) is 37.4. The first-order chi connectivity index (χ1) is 17.6. The van der Waals surface area contributed by atoms with Crippen molar-refractivity contribution in [2.24, 2.45) is 5.92 Å².